The van der Waals surface area contributed by atoms with Crippen molar-refractivity contribution in [3.8, 4) is 34.7 Å². The SMILES string of the molecule is COc1ccccc1Oc1c(Cl)nc(-c2ccnc(C#N)c2)nc1NS(=O)(=O)NCc1ccccc1. The molecule has 0 bridgehead atoms. The lowest BCUT2D eigenvalue weighted by Gasteiger charge is -2.16. The van der Waals surface area contributed by atoms with E-state index in [2.05, 4.69) is 24.4 Å². The fourth-order valence-corrected chi connectivity index (χ4v) is 4.12. The summed E-state index contributed by atoms with van der Waals surface area (Å²) in [7, 11) is -2.65. The molecule has 0 radical (unpaired) electrons. The number of nitrogens with one attached hydrogen (secondary N) is 2. The average molecular weight is 523 g/mol. The normalized spacial score (nSPS) is 10.9. The molecule has 182 valence electrons. The van der Waals surface area contributed by atoms with Gasteiger partial charge >= 0.3 is 10.2 Å². The van der Waals surface area contributed by atoms with E-state index < -0.39 is 10.2 Å². The van der Waals surface area contributed by atoms with E-state index in [1.54, 1.807) is 54.6 Å². The van der Waals surface area contributed by atoms with Gasteiger partial charge in [0.1, 0.15) is 11.8 Å². The number of anilines is 1. The number of aromatic nitrogens is 3. The van der Waals surface area contributed by atoms with Crippen molar-refractivity contribution in [2.24, 2.45) is 0 Å². The average Bonchev–Trinajstić information content (AvgIpc) is 2.90. The van der Waals surface area contributed by atoms with Gasteiger partial charge in [-0.15, -0.1) is 0 Å². The lowest BCUT2D eigenvalue weighted by Crippen LogP contribution is -2.30. The maximum absolute atomic E-state index is 12.9. The van der Waals surface area contributed by atoms with E-state index in [0.29, 0.717) is 11.3 Å². The predicted octanol–water partition coefficient (Wildman–Crippen LogP) is 4.31. The fourth-order valence-electron chi connectivity index (χ4n) is 3.09. The first-order valence-electron chi connectivity index (χ1n) is 10.4. The van der Waals surface area contributed by atoms with Gasteiger partial charge in [0, 0.05) is 18.3 Å². The lowest BCUT2D eigenvalue weighted by atomic mass is 10.2. The van der Waals surface area contributed by atoms with E-state index in [9.17, 15) is 13.7 Å². The molecule has 0 amide bonds. The van der Waals surface area contributed by atoms with Crippen LogP contribution in [0.2, 0.25) is 5.15 Å². The molecule has 2 aromatic heterocycles. The van der Waals surface area contributed by atoms with Gasteiger partial charge in [0.05, 0.1) is 7.11 Å². The second-order valence-electron chi connectivity index (χ2n) is 7.22. The highest BCUT2D eigenvalue weighted by atomic mass is 35.5. The van der Waals surface area contributed by atoms with E-state index in [1.807, 2.05) is 12.1 Å². The van der Waals surface area contributed by atoms with Gasteiger partial charge in [0.25, 0.3) is 0 Å². The van der Waals surface area contributed by atoms with Gasteiger partial charge in [-0.2, -0.15) is 18.4 Å². The summed E-state index contributed by atoms with van der Waals surface area (Å²) in [6, 6.07) is 20.7. The van der Waals surface area contributed by atoms with Crippen molar-refractivity contribution in [1.29, 1.82) is 5.26 Å². The Morgan fingerprint density at radius 2 is 1.75 bits per heavy atom. The zero-order valence-corrected chi connectivity index (χ0v) is 20.4. The molecule has 0 atom stereocenters. The van der Waals surface area contributed by atoms with E-state index >= 15 is 0 Å². The number of rotatable bonds is 9. The maximum Gasteiger partial charge on any atom is 0.300 e. The van der Waals surface area contributed by atoms with Crippen molar-refractivity contribution >= 4 is 27.6 Å². The van der Waals surface area contributed by atoms with Crippen molar-refractivity contribution in [1.82, 2.24) is 19.7 Å². The van der Waals surface area contributed by atoms with Gasteiger partial charge in [-0.1, -0.05) is 54.1 Å². The van der Waals surface area contributed by atoms with Crippen molar-refractivity contribution in [2.45, 2.75) is 6.54 Å². The van der Waals surface area contributed by atoms with Gasteiger partial charge in [0.2, 0.25) is 5.75 Å². The number of halogens is 1. The Balaban J connectivity index is 1.74. The molecule has 0 aliphatic heterocycles. The van der Waals surface area contributed by atoms with Gasteiger partial charge in [-0.25, -0.2) is 15.0 Å². The number of hydrogen-bond donors (Lipinski definition) is 2. The molecular weight excluding hydrogens is 504 g/mol. The maximum atomic E-state index is 12.9. The van der Waals surface area contributed by atoms with Crippen LogP contribution < -0.4 is 18.9 Å². The lowest BCUT2D eigenvalue weighted by molar-refractivity contribution is 0.378. The van der Waals surface area contributed by atoms with Crippen molar-refractivity contribution in [3.05, 3.63) is 89.3 Å². The number of methoxy groups -OCH3 is 1. The smallest absolute Gasteiger partial charge is 0.300 e. The van der Waals surface area contributed by atoms with Crippen LogP contribution in [0.4, 0.5) is 5.82 Å². The van der Waals surface area contributed by atoms with Gasteiger partial charge < -0.3 is 9.47 Å². The molecule has 0 spiro atoms. The Hall–Kier alpha value is -4.24. The number of para-hydroxylation sites is 2. The number of nitrogens with zero attached hydrogens (tertiary/aromatic N) is 4. The van der Waals surface area contributed by atoms with Crippen molar-refractivity contribution in [3.63, 3.8) is 0 Å². The molecule has 0 aliphatic carbocycles. The van der Waals surface area contributed by atoms with Crippen LogP contribution in [0.25, 0.3) is 11.4 Å². The van der Waals surface area contributed by atoms with E-state index in [4.69, 9.17) is 21.1 Å². The number of hydrogen-bond acceptors (Lipinski definition) is 8. The second kappa shape index (κ2) is 11.0. The molecule has 0 aliphatic rings. The highest BCUT2D eigenvalue weighted by Gasteiger charge is 2.22. The summed E-state index contributed by atoms with van der Waals surface area (Å²) >= 11 is 6.45. The van der Waals surface area contributed by atoms with Gasteiger partial charge in [-0.3, -0.25) is 4.72 Å². The molecule has 0 saturated heterocycles. The van der Waals surface area contributed by atoms with Crippen molar-refractivity contribution in [2.75, 3.05) is 11.8 Å². The van der Waals surface area contributed by atoms with Crippen LogP contribution >= 0.6 is 11.6 Å². The Morgan fingerprint density at radius 1 is 1.03 bits per heavy atom. The Bertz CT molecular complexity index is 1530. The summed E-state index contributed by atoms with van der Waals surface area (Å²) in [6.45, 7) is 0.0421. The van der Waals surface area contributed by atoms with Crippen LogP contribution in [0, 0.1) is 11.3 Å². The standard InChI is InChI=1S/C24H19ClN6O4S/c1-34-19-9-5-6-10-20(19)35-21-22(25)29-23(17-11-12-27-18(13-17)14-26)30-24(21)31-36(32,33)28-15-16-7-3-2-4-8-16/h2-13,28H,15H2,1H3,(H,29,30,31). The first-order chi connectivity index (χ1) is 17.4. The third kappa shape index (κ3) is 6.05. The molecule has 4 rings (SSSR count). The number of ether oxygens (including phenoxy) is 2. The number of nitriles is 1. The summed E-state index contributed by atoms with van der Waals surface area (Å²) in [6.07, 6.45) is 1.41. The first-order valence-corrected chi connectivity index (χ1v) is 12.3. The molecule has 12 heteroatoms. The number of benzene rings is 2. The second-order valence-corrected chi connectivity index (χ2v) is 9.08. The molecular formula is C24H19ClN6O4S. The molecule has 4 aromatic rings. The minimum absolute atomic E-state index is 0.0421. The minimum atomic E-state index is -4.12. The molecule has 36 heavy (non-hydrogen) atoms. The molecule has 2 aromatic carbocycles. The zero-order valence-electron chi connectivity index (χ0n) is 18.8. The Morgan fingerprint density at radius 3 is 2.47 bits per heavy atom. The summed E-state index contributed by atoms with van der Waals surface area (Å²) in [5.41, 5.74) is 1.30. The molecule has 0 fully saturated rings. The third-order valence-electron chi connectivity index (χ3n) is 4.78. The topological polar surface area (TPSA) is 139 Å². The first kappa shape index (κ1) is 24.9. The van der Waals surface area contributed by atoms with Crippen LogP contribution in [0.15, 0.2) is 72.9 Å². The van der Waals surface area contributed by atoms with Crippen molar-refractivity contribution < 1.29 is 17.9 Å². The van der Waals surface area contributed by atoms with Crippen LogP contribution in [0.1, 0.15) is 11.3 Å². The third-order valence-corrected chi connectivity index (χ3v) is 6.02. The largest absolute Gasteiger partial charge is 0.493 e. The molecule has 10 nitrogen and oxygen atoms in total. The quantitative estimate of drug-likeness (QED) is 0.310. The van der Waals surface area contributed by atoms with Crippen LogP contribution in [-0.4, -0.2) is 30.5 Å². The summed E-state index contributed by atoms with van der Waals surface area (Å²) < 4.78 is 41.8. The van der Waals surface area contributed by atoms with E-state index in [1.165, 1.54) is 19.4 Å². The molecule has 2 heterocycles. The Labute approximate surface area is 212 Å². The predicted molar refractivity (Wildman–Crippen MR) is 134 cm³/mol. The minimum Gasteiger partial charge on any atom is -0.493 e. The van der Waals surface area contributed by atoms with E-state index in [-0.39, 0.29) is 40.5 Å². The Kier molecular flexibility index (Phi) is 7.60. The number of pyridine rings is 1. The summed E-state index contributed by atoms with van der Waals surface area (Å²) in [5.74, 6) is 0.372. The van der Waals surface area contributed by atoms with Crippen LogP contribution in [0.5, 0.6) is 17.2 Å². The van der Waals surface area contributed by atoms with Gasteiger partial charge in [0.15, 0.2) is 28.3 Å². The van der Waals surface area contributed by atoms with Crippen LogP contribution in [0.3, 0.4) is 0 Å². The molecule has 2 N–H and O–H groups in total. The summed E-state index contributed by atoms with van der Waals surface area (Å²) in [4.78, 5) is 12.5. The van der Waals surface area contributed by atoms with E-state index in [0.717, 1.165) is 5.56 Å². The van der Waals surface area contributed by atoms with Gasteiger partial charge in [-0.05, 0) is 29.8 Å². The summed E-state index contributed by atoms with van der Waals surface area (Å²) in [5, 5.41) is 9.01. The highest BCUT2D eigenvalue weighted by Crippen LogP contribution is 2.39. The monoisotopic (exact) mass is 522 g/mol. The molecule has 0 unspecified atom stereocenters. The molecule has 0 saturated carbocycles. The highest BCUT2D eigenvalue weighted by molar-refractivity contribution is 7.90. The zero-order chi connectivity index (χ0) is 25.5. The van der Waals surface area contributed by atoms with Crippen LogP contribution in [-0.2, 0) is 16.8 Å². The fraction of sp³-hybridized carbons (Fsp3) is 0.0833.